The Bertz CT molecular complexity index is 535. The molecular weight excluding hydrogens is 250 g/mol. The second-order valence-corrected chi connectivity index (χ2v) is 4.61. The maximum atomic E-state index is 11.8. The van der Waals surface area contributed by atoms with Crippen molar-refractivity contribution in [1.82, 2.24) is 5.32 Å². The zero-order chi connectivity index (χ0) is 14.2. The SMILES string of the molecule is COc1ccc(CC(=O)NCCc2ccccc2)cc1. The smallest absolute Gasteiger partial charge is 0.224 e. The first-order valence-corrected chi connectivity index (χ1v) is 6.71. The van der Waals surface area contributed by atoms with Crippen LogP contribution in [0, 0.1) is 0 Å². The summed E-state index contributed by atoms with van der Waals surface area (Å²) in [7, 11) is 1.63. The van der Waals surface area contributed by atoms with Crippen LogP contribution in [-0.2, 0) is 17.6 Å². The van der Waals surface area contributed by atoms with Crippen LogP contribution >= 0.6 is 0 Å². The zero-order valence-electron chi connectivity index (χ0n) is 11.6. The normalized spacial score (nSPS) is 10.1. The van der Waals surface area contributed by atoms with Crippen molar-refractivity contribution in [3.8, 4) is 5.75 Å². The van der Waals surface area contributed by atoms with Gasteiger partial charge in [0.1, 0.15) is 5.75 Å². The number of benzene rings is 2. The van der Waals surface area contributed by atoms with Crippen LogP contribution in [0.15, 0.2) is 54.6 Å². The minimum atomic E-state index is 0.0473. The van der Waals surface area contributed by atoms with E-state index in [9.17, 15) is 4.79 Å². The van der Waals surface area contributed by atoms with Crippen LogP contribution in [0.25, 0.3) is 0 Å². The minimum absolute atomic E-state index is 0.0473. The maximum Gasteiger partial charge on any atom is 0.224 e. The molecule has 104 valence electrons. The van der Waals surface area contributed by atoms with E-state index in [1.807, 2.05) is 42.5 Å². The van der Waals surface area contributed by atoms with E-state index in [0.29, 0.717) is 13.0 Å². The van der Waals surface area contributed by atoms with Crippen LogP contribution in [0.1, 0.15) is 11.1 Å². The van der Waals surface area contributed by atoms with Gasteiger partial charge in [-0.3, -0.25) is 4.79 Å². The van der Waals surface area contributed by atoms with Crippen LogP contribution in [-0.4, -0.2) is 19.6 Å². The van der Waals surface area contributed by atoms with E-state index in [0.717, 1.165) is 17.7 Å². The number of carbonyl (C=O) groups is 1. The first-order valence-electron chi connectivity index (χ1n) is 6.71. The van der Waals surface area contributed by atoms with E-state index >= 15 is 0 Å². The Morgan fingerprint density at radius 3 is 2.35 bits per heavy atom. The second kappa shape index (κ2) is 7.34. The molecule has 0 atom stereocenters. The topological polar surface area (TPSA) is 38.3 Å². The monoisotopic (exact) mass is 269 g/mol. The van der Waals surface area contributed by atoms with E-state index in [4.69, 9.17) is 4.74 Å². The lowest BCUT2D eigenvalue weighted by Gasteiger charge is -2.06. The Morgan fingerprint density at radius 2 is 1.70 bits per heavy atom. The van der Waals surface area contributed by atoms with Crippen molar-refractivity contribution in [2.24, 2.45) is 0 Å². The van der Waals surface area contributed by atoms with Crippen molar-refractivity contribution in [2.45, 2.75) is 12.8 Å². The lowest BCUT2D eigenvalue weighted by atomic mass is 10.1. The van der Waals surface area contributed by atoms with Crippen molar-refractivity contribution in [3.05, 3.63) is 65.7 Å². The van der Waals surface area contributed by atoms with Gasteiger partial charge in [-0.1, -0.05) is 42.5 Å². The summed E-state index contributed by atoms with van der Waals surface area (Å²) in [5.41, 5.74) is 2.22. The van der Waals surface area contributed by atoms with Crippen LogP contribution in [0.5, 0.6) is 5.75 Å². The number of rotatable bonds is 6. The molecule has 0 fully saturated rings. The van der Waals surface area contributed by atoms with Gasteiger partial charge in [0.05, 0.1) is 13.5 Å². The molecule has 0 radical (unpaired) electrons. The van der Waals surface area contributed by atoms with Crippen molar-refractivity contribution >= 4 is 5.91 Å². The Hall–Kier alpha value is -2.29. The van der Waals surface area contributed by atoms with E-state index in [2.05, 4.69) is 17.4 Å². The third-order valence-electron chi connectivity index (χ3n) is 3.10. The van der Waals surface area contributed by atoms with Crippen LogP contribution in [0.3, 0.4) is 0 Å². The predicted octanol–water partition coefficient (Wildman–Crippen LogP) is 2.60. The van der Waals surface area contributed by atoms with Gasteiger partial charge in [0.15, 0.2) is 0 Å². The molecular formula is C17H19NO2. The summed E-state index contributed by atoms with van der Waals surface area (Å²) in [6.45, 7) is 0.666. The number of hydrogen-bond acceptors (Lipinski definition) is 2. The fraction of sp³-hybridized carbons (Fsp3) is 0.235. The highest BCUT2D eigenvalue weighted by atomic mass is 16.5. The number of hydrogen-bond donors (Lipinski definition) is 1. The minimum Gasteiger partial charge on any atom is -0.497 e. The highest BCUT2D eigenvalue weighted by Crippen LogP contribution is 2.11. The average Bonchev–Trinajstić information content (AvgIpc) is 2.49. The first kappa shape index (κ1) is 14.1. The standard InChI is InChI=1S/C17H19NO2/c1-20-16-9-7-15(8-10-16)13-17(19)18-12-11-14-5-3-2-4-6-14/h2-10H,11-13H2,1H3,(H,18,19). The number of methoxy groups -OCH3 is 1. The van der Waals surface area contributed by atoms with Gasteiger partial charge >= 0.3 is 0 Å². The second-order valence-electron chi connectivity index (χ2n) is 4.61. The first-order chi connectivity index (χ1) is 9.78. The van der Waals surface area contributed by atoms with Gasteiger partial charge in [-0.25, -0.2) is 0 Å². The predicted molar refractivity (Wildman–Crippen MR) is 79.9 cm³/mol. The summed E-state index contributed by atoms with van der Waals surface area (Å²) in [6.07, 6.45) is 1.26. The quantitative estimate of drug-likeness (QED) is 0.875. The molecule has 0 aliphatic heterocycles. The average molecular weight is 269 g/mol. The Kier molecular flexibility index (Phi) is 5.18. The Balaban J connectivity index is 1.74. The maximum absolute atomic E-state index is 11.8. The third kappa shape index (κ3) is 4.43. The molecule has 1 N–H and O–H groups in total. The number of amides is 1. The van der Waals surface area contributed by atoms with E-state index in [1.165, 1.54) is 5.56 Å². The molecule has 1 amide bonds. The van der Waals surface area contributed by atoms with E-state index in [1.54, 1.807) is 7.11 Å². The van der Waals surface area contributed by atoms with Crippen LogP contribution < -0.4 is 10.1 Å². The van der Waals surface area contributed by atoms with Crippen LogP contribution in [0.2, 0.25) is 0 Å². The van der Waals surface area contributed by atoms with Gasteiger partial charge in [0.25, 0.3) is 0 Å². The van der Waals surface area contributed by atoms with Gasteiger partial charge < -0.3 is 10.1 Å². The number of ether oxygens (including phenoxy) is 1. The molecule has 2 aromatic carbocycles. The molecule has 20 heavy (non-hydrogen) atoms. The van der Waals surface area contributed by atoms with Crippen molar-refractivity contribution in [1.29, 1.82) is 0 Å². The third-order valence-corrected chi connectivity index (χ3v) is 3.10. The summed E-state index contributed by atoms with van der Waals surface area (Å²) in [5, 5.41) is 2.94. The molecule has 0 aliphatic carbocycles. The molecule has 0 heterocycles. The Morgan fingerprint density at radius 1 is 1.00 bits per heavy atom. The molecule has 3 nitrogen and oxygen atoms in total. The summed E-state index contributed by atoms with van der Waals surface area (Å²) in [5.74, 6) is 0.851. The van der Waals surface area contributed by atoms with Crippen molar-refractivity contribution in [3.63, 3.8) is 0 Å². The summed E-state index contributed by atoms with van der Waals surface area (Å²) in [4.78, 5) is 11.8. The molecule has 0 spiro atoms. The molecule has 0 bridgehead atoms. The molecule has 2 aromatic rings. The molecule has 0 unspecified atom stereocenters. The molecule has 2 rings (SSSR count). The number of carbonyl (C=O) groups excluding carboxylic acids is 1. The Labute approximate surface area is 119 Å². The summed E-state index contributed by atoms with van der Waals surface area (Å²) in [6, 6.07) is 17.7. The fourth-order valence-electron chi connectivity index (χ4n) is 1.98. The lowest BCUT2D eigenvalue weighted by molar-refractivity contribution is -0.120. The molecule has 0 saturated heterocycles. The van der Waals surface area contributed by atoms with Crippen LogP contribution in [0.4, 0.5) is 0 Å². The molecule has 0 saturated carbocycles. The molecule has 3 heteroatoms. The van der Waals surface area contributed by atoms with Crippen molar-refractivity contribution in [2.75, 3.05) is 13.7 Å². The van der Waals surface area contributed by atoms with Gasteiger partial charge in [-0.2, -0.15) is 0 Å². The fourth-order valence-corrected chi connectivity index (χ4v) is 1.98. The van der Waals surface area contributed by atoms with Gasteiger partial charge in [0, 0.05) is 6.54 Å². The molecule has 0 aliphatic rings. The van der Waals surface area contributed by atoms with E-state index < -0.39 is 0 Å². The van der Waals surface area contributed by atoms with Gasteiger partial charge in [-0.05, 0) is 29.7 Å². The van der Waals surface area contributed by atoms with Crippen molar-refractivity contribution < 1.29 is 9.53 Å². The van der Waals surface area contributed by atoms with E-state index in [-0.39, 0.29) is 5.91 Å². The lowest BCUT2D eigenvalue weighted by Crippen LogP contribution is -2.27. The number of nitrogens with one attached hydrogen (secondary N) is 1. The van der Waals surface area contributed by atoms with Gasteiger partial charge in [-0.15, -0.1) is 0 Å². The summed E-state index contributed by atoms with van der Waals surface area (Å²) >= 11 is 0. The van der Waals surface area contributed by atoms with Gasteiger partial charge in [0.2, 0.25) is 5.91 Å². The highest BCUT2D eigenvalue weighted by molar-refractivity contribution is 5.78. The largest absolute Gasteiger partial charge is 0.497 e. The molecule has 0 aromatic heterocycles. The highest BCUT2D eigenvalue weighted by Gasteiger charge is 2.03. The summed E-state index contributed by atoms with van der Waals surface area (Å²) < 4.78 is 5.09. The zero-order valence-corrected chi connectivity index (χ0v) is 11.6.